The van der Waals surface area contributed by atoms with Gasteiger partial charge in [0.05, 0.1) is 4.90 Å². The van der Waals surface area contributed by atoms with Crippen LogP contribution in [0.2, 0.25) is 0 Å². The molecule has 1 saturated heterocycles. The number of aryl methyl sites for hydroxylation is 3. The van der Waals surface area contributed by atoms with Crippen LogP contribution < -0.4 is 4.72 Å². The Labute approximate surface area is 174 Å². The van der Waals surface area contributed by atoms with Crippen LogP contribution in [0.4, 0.5) is 0 Å². The van der Waals surface area contributed by atoms with Crippen LogP contribution in [-0.4, -0.2) is 38.4 Å². The van der Waals surface area contributed by atoms with Gasteiger partial charge in [-0.25, -0.2) is 13.1 Å². The summed E-state index contributed by atoms with van der Waals surface area (Å²) >= 11 is 0. The minimum absolute atomic E-state index is 0.132. The number of hydrogen-bond donors (Lipinski definition) is 1. The summed E-state index contributed by atoms with van der Waals surface area (Å²) in [6.07, 6.45) is 3.39. The lowest BCUT2D eigenvalue weighted by molar-refractivity contribution is -0.132. The normalized spacial score (nSPS) is 15.4. The average Bonchev–Trinajstić information content (AvgIpc) is 2.73. The molecule has 156 valence electrons. The quantitative estimate of drug-likeness (QED) is 0.755. The van der Waals surface area contributed by atoms with Gasteiger partial charge < -0.3 is 4.90 Å². The van der Waals surface area contributed by atoms with Gasteiger partial charge >= 0.3 is 0 Å². The Morgan fingerprint density at radius 1 is 1.00 bits per heavy atom. The number of carbonyl (C=O) groups excluding carboxylic acids is 1. The molecule has 0 bridgehead atoms. The monoisotopic (exact) mass is 414 g/mol. The van der Waals surface area contributed by atoms with Crippen molar-refractivity contribution in [2.75, 3.05) is 13.1 Å². The Morgan fingerprint density at radius 2 is 1.59 bits per heavy atom. The topological polar surface area (TPSA) is 66.5 Å². The number of nitrogens with zero attached hydrogens (tertiary/aromatic N) is 1. The molecule has 2 aromatic rings. The summed E-state index contributed by atoms with van der Waals surface area (Å²) in [6.45, 7) is 5.27. The number of rotatable bonds is 7. The molecule has 3 rings (SSSR count). The fourth-order valence-electron chi connectivity index (χ4n) is 3.60. The minimum Gasteiger partial charge on any atom is -0.343 e. The van der Waals surface area contributed by atoms with Crippen molar-refractivity contribution in [3.8, 4) is 0 Å². The molecule has 5 nitrogen and oxygen atoms in total. The maximum atomic E-state index is 12.6. The van der Waals surface area contributed by atoms with Crippen molar-refractivity contribution >= 4 is 15.9 Å². The molecule has 2 aromatic carbocycles. The third-order valence-electron chi connectivity index (χ3n) is 5.56. The van der Waals surface area contributed by atoms with Crippen molar-refractivity contribution < 1.29 is 13.2 Å². The molecule has 0 atom stereocenters. The van der Waals surface area contributed by atoms with E-state index in [1.54, 1.807) is 12.1 Å². The van der Waals surface area contributed by atoms with Crippen LogP contribution in [-0.2, 0) is 27.7 Å². The van der Waals surface area contributed by atoms with Gasteiger partial charge in [0.25, 0.3) is 0 Å². The third-order valence-corrected chi connectivity index (χ3v) is 7.10. The van der Waals surface area contributed by atoms with E-state index in [-0.39, 0.29) is 11.9 Å². The first kappa shape index (κ1) is 21.5. The summed E-state index contributed by atoms with van der Waals surface area (Å²) in [5.41, 5.74) is 3.49. The lowest BCUT2D eigenvalue weighted by Crippen LogP contribution is -2.46. The number of benzene rings is 2. The van der Waals surface area contributed by atoms with Crippen molar-refractivity contribution in [1.29, 1.82) is 0 Å². The summed E-state index contributed by atoms with van der Waals surface area (Å²) in [4.78, 5) is 14.7. The van der Waals surface area contributed by atoms with Crippen LogP contribution in [0.1, 0.15) is 42.9 Å². The highest BCUT2D eigenvalue weighted by Gasteiger charge is 2.26. The first-order valence-electron chi connectivity index (χ1n) is 10.3. The molecule has 1 heterocycles. The predicted molar refractivity (Wildman–Crippen MR) is 115 cm³/mol. The Balaban J connectivity index is 1.47. The fraction of sp³-hybridized carbons (Fsp3) is 0.435. The van der Waals surface area contributed by atoms with E-state index < -0.39 is 10.0 Å². The molecule has 1 aliphatic heterocycles. The lowest BCUT2D eigenvalue weighted by Gasteiger charge is -2.32. The Kier molecular flexibility index (Phi) is 7.09. The van der Waals surface area contributed by atoms with Gasteiger partial charge in [0, 0.05) is 25.6 Å². The van der Waals surface area contributed by atoms with Crippen LogP contribution >= 0.6 is 0 Å². The van der Waals surface area contributed by atoms with Gasteiger partial charge in [-0.2, -0.15) is 0 Å². The summed E-state index contributed by atoms with van der Waals surface area (Å²) in [5, 5.41) is 0. The second kappa shape index (κ2) is 9.55. The van der Waals surface area contributed by atoms with Gasteiger partial charge in [-0.15, -0.1) is 0 Å². The van der Waals surface area contributed by atoms with Crippen molar-refractivity contribution in [2.45, 2.75) is 56.9 Å². The molecule has 1 amide bonds. The van der Waals surface area contributed by atoms with Gasteiger partial charge in [0.15, 0.2) is 0 Å². The maximum Gasteiger partial charge on any atom is 0.240 e. The summed E-state index contributed by atoms with van der Waals surface area (Å²) in [5.74, 6) is 0.141. The highest BCUT2D eigenvalue weighted by molar-refractivity contribution is 7.89. The van der Waals surface area contributed by atoms with Gasteiger partial charge in [-0.3, -0.25) is 4.79 Å². The van der Waals surface area contributed by atoms with E-state index in [0.29, 0.717) is 37.2 Å². The van der Waals surface area contributed by atoms with Crippen molar-refractivity contribution in [1.82, 2.24) is 9.62 Å². The number of hydrogen-bond acceptors (Lipinski definition) is 3. The maximum absolute atomic E-state index is 12.6. The minimum atomic E-state index is -3.53. The zero-order valence-electron chi connectivity index (χ0n) is 17.2. The molecule has 1 fully saturated rings. The van der Waals surface area contributed by atoms with Crippen molar-refractivity contribution in [3.63, 3.8) is 0 Å². The van der Waals surface area contributed by atoms with E-state index in [0.717, 1.165) is 18.4 Å². The number of likely N-dealkylation sites (tertiary alicyclic amines) is 1. The van der Waals surface area contributed by atoms with E-state index in [2.05, 4.69) is 29.0 Å². The van der Waals surface area contributed by atoms with E-state index in [4.69, 9.17) is 0 Å². The number of nitrogens with one attached hydrogen (secondary N) is 1. The van der Waals surface area contributed by atoms with Crippen LogP contribution in [0.15, 0.2) is 53.4 Å². The number of carbonyl (C=O) groups is 1. The molecule has 0 radical (unpaired) electrons. The van der Waals surface area contributed by atoms with Crippen molar-refractivity contribution in [3.05, 3.63) is 65.2 Å². The molecule has 1 N–H and O–H groups in total. The largest absolute Gasteiger partial charge is 0.343 e. The van der Waals surface area contributed by atoms with E-state index in [1.807, 2.05) is 30.9 Å². The summed E-state index contributed by atoms with van der Waals surface area (Å²) in [7, 11) is -3.53. The highest BCUT2D eigenvalue weighted by atomic mass is 32.2. The third kappa shape index (κ3) is 5.90. The van der Waals surface area contributed by atoms with Crippen LogP contribution in [0, 0.1) is 6.92 Å². The van der Waals surface area contributed by atoms with Gasteiger partial charge in [0.1, 0.15) is 0 Å². The summed E-state index contributed by atoms with van der Waals surface area (Å²) in [6, 6.07) is 15.1. The second-order valence-electron chi connectivity index (χ2n) is 7.76. The predicted octanol–water partition coefficient (Wildman–Crippen LogP) is 3.46. The lowest BCUT2D eigenvalue weighted by atomic mass is 10.0. The number of sulfonamides is 1. The zero-order valence-corrected chi connectivity index (χ0v) is 18.0. The van der Waals surface area contributed by atoms with E-state index in [9.17, 15) is 13.2 Å². The molecule has 6 heteroatoms. The fourth-order valence-corrected chi connectivity index (χ4v) is 4.91. The Bertz CT molecular complexity index is 914. The van der Waals surface area contributed by atoms with Crippen LogP contribution in [0.5, 0.6) is 0 Å². The van der Waals surface area contributed by atoms with Gasteiger partial charge in [-0.1, -0.05) is 48.9 Å². The SMILES string of the molecule is CCc1ccc(S(=O)(=O)NC2CCN(C(=O)CCc3ccc(C)cc3)CC2)cc1. The Hall–Kier alpha value is -2.18. The van der Waals surface area contributed by atoms with Crippen molar-refractivity contribution in [2.24, 2.45) is 0 Å². The first-order chi connectivity index (χ1) is 13.9. The summed E-state index contributed by atoms with van der Waals surface area (Å²) < 4.78 is 28.0. The first-order valence-corrected chi connectivity index (χ1v) is 11.8. The molecule has 0 saturated carbocycles. The molecule has 29 heavy (non-hydrogen) atoms. The van der Waals surface area contributed by atoms with E-state index in [1.165, 1.54) is 11.1 Å². The molecule has 0 aromatic heterocycles. The second-order valence-corrected chi connectivity index (χ2v) is 9.47. The molecule has 0 unspecified atom stereocenters. The molecule has 0 spiro atoms. The van der Waals surface area contributed by atoms with Gasteiger partial charge in [-0.05, 0) is 55.9 Å². The molecule has 1 aliphatic rings. The zero-order chi connectivity index (χ0) is 20.9. The average molecular weight is 415 g/mol. The van der Waals surface area contributed by atoms with E-state index >= 15 is 0 Å². The Morgan fingerprint density at radius 3 is 2.17 bits per heavy atom. The smallest absolute Gasteiger partial charge is 0.240 e. The molecular formula is C23H30N2O3S. The standard InChI is InChI=1S/C23H30N2O3S/c1-3-19-8-11-22(12-9-19)29(27,28)24-21-14-16-25(17-15-21)23(26)13-10-20-6-4-18(2)5-7-20/h4-9,11-12,21,24H,3,10,13-17H2,1-2H3. The molecule has 0 aliphatic carbocycles. The number of amides is 1. The molecular weight excluding hydrogens is 384 g/mol. The highest BCUT2D eigenvalue weighted by Crippen LogP contribution is 2.17. The van der Waals surface area contributed by atoms with Gasteiger partial charge in [0.2, 0.25) is 15.9 Å². The number of piperidine rings is 1. The van der Waals surface area contributed by atoms with Crippen LogP contribution in [0.3, 0.4) is 0 Å². The van der Waals surface area contributed by atoms with Crippen LogP contribution in [0.25, 0.3) is 0 Å².